The van der Waals surface area contributed by atoms with Gasteiger partial charge in [-0.2, -0.15) is 13.2 Å². The molecule has 0 radical (unpaired) electrons. The van der Waals surface area contributed by atoms with E-state index in [1.165, 1.54) is 12.1 Å². The van der Waals surface area contributed by atoms with Crippen LogP contribution in [0.1, 0.15) is 26.3 Å². The second kappa shape index (κ2) is 6.07. The smallest absolute Gasteiger partial charge is 0.318 e. The average Bonchev–Trinajstić information content (AvgIpc) is 2.34. The molecule has 0 saturated heterocycles. The van der Waals surface area contributed by atoms with Gasteiger partial charge in [0.15, 0.2) is 6.29 Å². The van der Waals surface area contributed by atoms with Gasteiger partial charge >= 0.3 is 12.1 Å². The fraction of sp³-hybridized carbons (Fsp3) is 0.357. The van der Waals surface area contributed by atoms with Crippen LogP contribution in [0.25, 0.3) is 0 Å². The summed E-state index contributed by atoms with van der Waals surface area (Å²) in [5, 5.41) is 1.79. The lowest BCUT2D eigenvalue weighted by Crippen LogP contribution is -2.30. The minimum Gasteiger partial charge on any atom is -0.318 e. The summed E-state index contributed by atoms with van der Waals surface area (Å²) in [7, 11) is 0. The number of aliphatic imine (C=N–C) groups is 1. The SMILES string of the molecule is CC(C)(C)c1cc(N=CC=O)cc(NC(=O)C(F)(F)F)c1. The molecule has 0 fully saturated rings. The van der Waals surface area contributed by atoms with Gasteiger partial charge in [-0.3, -0.25) is 14.6 Å². The Balaban J connectivity index is 3.22. The Morgan fingerprint density at radius 3 is 2.29 bits per heavy atom. The maximum Gasteiger partial charge on any atom is 0.471 e. The largest absolute Gasteiger partial charge is 0.471 e. The molecule has 4 nitrogen and oxygen atoms in total. The summed E-state index contributed by atoms with van der Waals surface area (Å²) in [5.74, 6) is -2.06. The van der Waals surface area contributed by atoms with Crippen molar-refractivity contribution in [1.29, 1.82) is 0 Å². The molecule has 0 saturated carbocycles. The molecular weight excluding hydrogens is 285 g/mol. The maximum absolute atomic E-state index is 12.3. The highest BCUT2D eigenvalue weighted by Gasteiger charge is 2.38. The minimum absolute atomic E-state index is 0.0252. The van der Waals surface area contributed by atoms with E-state index in [0.29, 0.717) is 11.8 Å². The summed E-state index contributed by atoms with van der Waals surface area (Å²) >= 11 is 0. The van der Waals surface area contributed by atoms with Gasteiger partial charge in [0.2, 0.25) is 0 Å². The third kappa shape index (κ3) is 5.02. The topological polar surface area (TPSA) is 58.5 Å². The number of carbonyl (C=O) groups is 2. The summed E-state index contributed by atoms with van der Waals surface area (Å²) in [4.78, 5) is 25.1. The second-order valence-corrected chi connectivity index (χ2v) is 5.38. The molecule has 0 unspecified atom stereocenters. The van der Waals surface area contributed by atoms with Crippen molar-refractivity contribution in [2.75, 3.05) is 5.32 Å². The lowest BCUT2D eigenvalue weighted by atomic mass is 9.86. The van der Waals surface area contributed by atoms with Crippen molar-refractivity contribution in [1.82, 2.24) is 0 Å². The third-order valence-electron chi connectivity index (χ3n) is 2.58. The Bertz CT molecular complexity index is 573. The average molecular weight is 300 g/mol. The number of halogens is 3. The zero-order valence-corrected chi connectivity index (χ0v) is 11.8. The van der Waals surface area contributed by atoms with Crippen LogP contribution in [0.4, 0.5) is 24.5 Å². The number of amides is 1. The van der Waals surface area contributed by atoms with Crippen LogP contribution in [-0.2, 0) is 15.0 Å². The Morgan fingerprint density at radius 1 is 1.19 bits per heavy atom. The minimum atomic E-state index is -4.97. The highest BCUT2D eigenvalue weighted by atomic mass is 19.4. The van der Waals surface area contributed by atoms with Crippen molar-refractivity contribution in [2.45, 2.75) is 32.4 Å². The van der Waals surface area contributed by atoms with Crippen molar-refractivity contribution in [3.63, 3.8) is 0 Å². The van der Waals surface area contributed by atoms with Crippen LogP contribution >= 0.6 is 0 Å². The number of nitrogens with one attached hydrogen (secondary N) is 1. The summed E-state index contributed by atoms with van der Waals surface area (Å²) < 4.78 is 36.9. The number of rotatable bonds is 3. The van der Waals surface area contributed by atoms with Crippen LogP contribution < -0.4 is 5.32 Å². The van der Waals surface area contributed by atoms with Crippen LogP contribution in [0.5, 0.6) is 0 Å². The zero-order valence-electron chi connectivity index (χ0n) is 11.8. The van der Waals surface area contributed by atoms with E-state index in [1.807, 2.05) is 20.8 Å². The number of nitrogens with zero attached hydrogens (tertiary/aromatic N) is 1. The Labute approximate surface area is 120 Å². The number of aldehydes is 1. The molecule has 0 aliphatic rings. The van der Waals surface area contributed by atoms with Gasteiger partial charge in [0.1, 0.15) is 0 Å². The van der Waals surface area contributed by atoms with E-state index in [-0.39, 0.29) is 16.8 Å². The molecule has 1 amide bonds. The quantitative estimate of drug-likeness (QED) is 0.687. The summed E-state index contributed by atoms with van der Waals surface area (Å²) in [6.07, 6.45) is -3.53. The Morgan fingerprint density at radius 2 is 1.81 bits per heavy atom. The molecule has 0 aromatic heterocycles. The number of hydrogen-bond donors (Lipinski definition) is 1. The highest BCUT2D eigenvalue weighted by molar-refractivity contribution is 6.13. The van der Waals surface area contributed by atoms with E-state index < -0.39 is 12.1 Å². The zero-order chi connectivity index (χ0) is 16.3. The number of carbonyl (C=O) groups excluding carboxylic acids is 2. The first kappa shape index (κ1) is 16.9. The first-order valence-electron chi connectivity index (χ1n) is 6.05. The van der Waals surface area contributed by atoms with Crippen LogP contribution in [-0.4, -0.2) is 24.6 Å². The van der Waals surface area contributed by atoms with Crippen molar-refractivity contribution in [3.8, 4) is 0 Å². The molecule has 7 heteroatoms. The number of hydrogen-bond acceptors (Lipinski definition) is 3. The van der Waals surface area contributed by atoms with Crippen molar-refractivity contribution < 1.29 is 22.8 Å². The molecule has 21 heavy (non-hydrogen) atoms. The molecule has 0 heterocycles. The van der Waals surface area contributed by atoms with Crippen LogP contribution in [0.2, 0.25) is 0 Å². The second-order valence-electron chi connectivity index (χ2n) is 5.38. The van der Waals surface area contributed by atoms with Gasteiger partial charge in [0, 0.05) is 5.69 Å². The van der Waals surface area contributed by atoms with Crippen LogP contribution in [0.3, 0.4) is 0 Å². The molecule has 1 rings (SSSR count). The van der Waals surface area contributed by atoms with Gasteiger partial charge in [-0.05, 0) is 29.2 Å². The fourth-order valence-electron chi connectivity index (χ4n) is 1.51. The normalized spacial score (nSPS) is 12.5. The summed E-state index contributed by atoms with van der Waals surface area (Å²) in [6.45, 7) is 5.60. The monoisotopic (exact) mass is 300 g/mol. The van der Waals surface area contributed by atoms with Gasteiger partial charge in [0.05, 0.1) is 11.9 Å². The maximum atomic E-state index is 12.3. The lowest BCUT2D eigenvalue weighted by Gasteiger charge is -2.21. The number of benzene rings is 1. The van der Waals surface area contributed by atoms with E-state index in [1.54, 1.807) is 11.4 Å². The molecule has 1 aromatic carbocycles. The number of alkyl halides is 3. The molecule has 114 valence electrons. The third-order valence-corrected chi connectivity index (χ3v) is 2.58. The lowest BCUT2D eigenvalue weighted by molar-refractivity contribution is -0.167. The van der Waals surface area contributed by atoms with Gasteiger partial charge in [-0.25, -0.2) is 0 Å². The van der Waals surface area contributed by atoms with Crippen molar-refractivity contribution >= 4 is 29.8 Å². The molecule has 0 atom stereocenters. The van der Waals surface area contributed by atoms with Crippen molar-refractivity contribution in [3.05, 3.63) is 23.8 Å². The molecule has 1 N–H and O–H groups in total. The van der Waals surface area contributed by atoms with E-state index in [2.05, 4.69) is 4.99 Å². The van der Waals surface area contributed by atoms with E-state index in [4.69, 9.17) is 0 Å². The molecule has 1 aromatic rings. The molecule has 0 aliphatic carbocycles. The summed E-state index contributed by atoms with van der Waals surface area (Å²) in [6, 6.07) is 4.35. The van der Waals surface area contributed by atoms with Gasteiger partial charge in [0.25, 0.3) is 0 Å². The first-order valence-corrected chi connectivity index (χ1v) is 6.05. The van der Waals surface area contributed by atoms with Crippen LogP contribution in [0.15, 0.2) is 23.2 Å². The van der Waals surface area contributed by atoms with Gasteiger partial charge in [-0.15, -0.1) is 0 Å². The van der Waals surface area contributed by atoms with E-state index in [9.17, 15) is 22.8 Å². The molecule has 0 aliphatic heterocycles. The van der Waals surface area contributed by atoms with Crippen LogP contribution in [0, 0.1) is 0 Å². The van der Waals surface area contributed by atoms with E-state index in [0.717, 1.165) is 6.21 Å². The van der Waals surface area contributed by atoms with Crippen molar-refractivity contribution in [2.24, 2.45) is 4.99 Å². The summed E-state index contributed by atoms with van der Waals surface area (Å²) in [5.41, 5.74) is 0.583. The molecule has 0 bridgehead atoms. The van der Waals surface area contributed by atoms with Gasteiger partial charge < -0.3 is 5.32 Å². The van der Waals surface area contributed by atoms with E-state index >= 15 is 0 Å². The fourth-order valence-corrected chi connectivity index (χ4v) is 1.51. The molecule has 0 spiro atoms. The number of anilines is 1. The predicted octanol–water partition coefficient (Wildman–Crippen LogP) is 3.39. The van der Waals surface area contributed by atoms with Gasteiger partial charge in [-0.1, -0.05) is 20.8 Å². The molecular formula is C14H15F3N2O2. The first-order chi connectivity index (χ1) is 9.54. The highest BCUT2D eigenvalue weighted by Crippen LogP contribution is 2.30. The Kier molecular flexibility index (Phi) is 4.88. The standard InChI is InChI=1S/C14H15F3N2O2/c1-13(2,3)9-6-10(18-4-5-20)8-11(7-9)19-12(21)14(15,16)17/h4-8H,1-3H3,(H,19,21). The predicted molar refractivity (Wildman–Crippen MR) is 74.0 cm³/mol. The Hall–Kier alpha value is -2.18.